The van der Waals surface area contributed by atoms with Crippen molar-refractivity contribution in [1.29, 1.82) is 0 Å². The summed E-state index contributed by atoms with van der Waals surface area (Å²) in [6, 6.07) is -0.0887. The molecule has 0 saturated heterocycles. The van der Waals surface area contributed by atoms with Gasteiger partial charge >= 0.3 is 0 Å². The highest BCUT2D eigenvalue weighted by molar-refractivity contribution is 7.99. The van der Waals surface area contributed by atoms with Crippen LogP contribution in [-0.4, -0.2) is 38.5 Å². The highest BCUT2D eigenvalue weighted by atomic mass is 32.2. The van der Waals surface area contributed by atoms with E-state index in [2.05, 4.69) is 35.6 Å². The van der Waals surface area contributed by atoms with E-state index in [1.165, 1.54) is 11.8 Å². The van der Waals surface area contributed by atoms with Gasteiger partial charge in [0.15, 0.2) is 5.16 Å². The Morgan fingerprint density at radius 2 is 2.19 bits per heavy atom. The minimum atomic E-state index is -0.399. The predicted molar refractivity (Wildman–Crippen MR) is 84.4 cm³/mol. The van der Waals surface area contributed by atoms with Crippen LogP contribution in [0.15, 0.2) is 17.6 Å². The Kier molecular flexibility index (Phi) is 5.32. The average Bonchev–Trinajstić information content (AvgIpc) is 2.87. The van der Waals surface area contributed by atoms with Crippen LogP contribution in [0.1, 0.15) is 46.5 Å². The SMILES string of the molecule is CC(C)(C)n1ccnc1SCC(=O)NC1CCCCC1O. The van der Waals surface area contributed by atoms with Crippen LogP contribution in [0.2, 0.25) is 0 Å². The van der Waals surface area contributed by atoms with E-state index in [0.29, 0.717) is 5.75 Å². The molecule has 1 heterocycles. The molecule has 118 valence electrons. The van der Waals surface area contributed by atoms with Gasteiger partial charge in [-0.25, -0.2) is 4.98 Å². The van der Waals surface area contributed by atoms with Crippen molar-refractivity contribution in [3.8, 4) is 0 Å². The minimum absolute atomic E-state index is 0.0330. The summed E-state index contributed by atoms with van der Waals surface area (Å²) in [5.41, 5.74) is -0.0468. The second-order valence-corrected chi connectivity index (χ2v) is 7.51. The number of imidazole rings is 1. The molecule has 21 heavy (non-hydrogen) atoms. The standard InChI is InChI=1S/C15H25N3O2S/c1-15(2,3)18-9-8-16-14(18)21-10-13(20)17-11-6-4-5-7-12(11)19/h8-9,11-12,19H,4-7,10H2,1-3H3,(H,17,20). The van der Waals surface area contributed by atoms with E-state index in [1.807, 2.05) is 6.20 Å². The monoisotopic (exact) mass is 311 g/mol. The number of nitrogens with zero attached hydrogens (tertiary/aromatic N) is 2. The number of aromatic nitrogens is 2. The Morgan fingerprint density at radius 1 is 1.48 bits per heavy atom. The molecule has 0 spiro atoms. The summed E-state index contributed by atoms with van der Waals surface area (Å²) in [6.07, 6.45) is 7.07. The maximum atomic E-state index is 12.0. The van der Waals surface area contributed by atoms with Crippen molar-refractivity contribution in [3.63, 3.8) is 0 Å². The topological polar surface area (TPSA) is 67.2 Å². The van der Waals surface area contributed by atoms with Gasteiger partial charge < -0.3 is 15.0 Å². The number of thioether (sulfide) groups is 1. The first-order chi connectivity index (χ1) is 9.88. The van der Waals surface area contributed by atoms with Crippen molar-refractivity contribution < 1.29 is 9.90 Å². The predicted octanol–water partition coefficient (Wildman–Crippen LogP) is 2.15. The fraction of sp³-hybridized carbons (Fsp3) is 0.733. The van der Waals surface area contributed by atoms with E-state index in [1.54, 1.807) is 6.20 Å². The van der Waals surface area contributed by atoms with Gasteiger partial charge in [0.25, 0.3) is 0 Å². The van der Waals surface area contributed by atoms with E-state index in [0.717, 1.165) is 30.8 Å². The fourth-order valence-corrected chi connectivity index (χ4v) is 3.52. The first-order valence-corrected chi connectivity index (χ1v) is 8.50. The molecule has 2 N–H and O–H groups in total. The molecule has 0 radical (unpaired) electrons. The summed E-state index contributed by atoms with van der Waals surface area (Å²) in [5, 5.41) is 13.7. The van der Waals surface area contributed by atoms with Gasteiger partial charge in [-0.1, -0.05) is 24.6 Å². The zero-order chi connectivity index (χ0) is 15.5. The third kappa shape index (κ3) is 4.48. The summed E-state index contributed by atoms with van der Waals surface area (Å²) >= 11 is 1.44. The largest absolute Gasteiger partial charge is 0.391 e. The maximum Gasteiger partial charge on any atom is 0.230 e. The number of hydrogen-bond donors (Lipinski definition) is 2. The van der Waals surface area contributed by atoms with E-state index in [4.69, 9.17) is 0 Å². The molecule has 1 fully saturated rings. The molecule has 0 bridgehead atoms. The summed E-state index contributed by atoms with van der Waals surface area (Å²) < 4.78 is 2.07. The molecule has 1 aromatic heterocycles. The smallest absolute Gasteiger partial charge is 0.230 e. The molecule has 2 atom stereocenters. The first-order valence-electron chi connectivity index (χ1n) is 7.52. The maximum absolute atomic E-state index is 12.0. The van der Waals surface area contributed by atoms with Gasteiger partial charge in [0.2, 0.25) is 5.91 Å². The van der Waals surface area contributed by atoms with Crippen molar-refractivity contribution in [2.75, 3.05) is 5.75 Å². The van der Waals surface area contributed by atoms with Crippen molar-refractivity contribution in [2.45, 2.75) is 69.3 Å². The Morgan fingerprint density at radius 3 is 2.86 bits per heavy atom. The van der Waals surface area contributed by atoms with Crippen molar-refractivity contribution in [2.24, 2.45) is 0 Å². The molecule has 0 aromatic carbocycles. The molecular formula is C15H25N3O2S. The van der Waals surface area contributed by atoms with E-state index >= 15 is 0 Å². The molecule has 2 rings (SSSR count). The molecule has 1 aliphatic rings. The van der Waals surface area contributed by atoms with Crippen molar-refractivity contribution >= 4 is 17.7 Å². The molecule has 1 aromatic rings. The minimum Gasteiger partial charge on any atom is -0.391 e. The number of carbonyl (C=O) groups excluding carboxylic acids is 1. The third-order valence-corrected chi connectivity index (χ3v) is 4.70. The lowest BCUT2D eigenvalue weighted by atomic mass is 9.93. The third-order valence-electron chi connectivity index (χ3n) is 3.74. The van der Waals surface area contributed by atoms with Gasteiger partial charge in [-0.3, -0.25) is 4.79 Å². The van der Waals surface area contributed by atoms with Crippen LogP contribution in [0, 0.1) is 0 Å². The lowest BCUT2D eigenvalue weighted by Crippen LogP contribution is -2.45. The number of rotatable bonds is 4. The second kappa shape index (κ2) is 6.83. The molecular weight excluding hydrogens is 286 g/mol. The molecule has 1 amide bonds. The lowest BCUT2D eigenvalue weighted by molar-refractivity contribution is -0.120. The molecule has 6 heteroatoms. The molecule has 0 aliphatic heterocycles. The number of amides is 1. The van der Waals surface area contributed by atoms with Crippen molar-refractivity contribution in [3.05, 3.63) is 12.4 Å². The summed E-state index contributed by atoms with van der Waals surface area (Å²) in [4.78, 5) is 16.3. The number of nitrogens with one attached hydrogen (secondary N) is 1. The molecule has 1 saturated carbocycles. The van der Waals surface area contributed by atoms with Crippen molar-refractivity contribution in [1.82, 2.24) is 14.9 Å². The Hall–Kier alpha value is -1.01. The van der Waals surface area contributed by atoms with Gasteiger partial charge in [0.05, 0.1) is 17.9 Å². The highest BCUT2D eigenvalue weighted by Crippen LogP contribution is 2.24. The van der Waals surface area contributed by atoms with E-state index in [9.17, 15) is 9.90 Å². The lowest BCUT2D eigenvalue weighted by Gasteiger charge is -2.28. The zero-order valence-electron chi connectivity index (χ0n) is 13.0. The summed E-state index contributed by atoms with van der Waals surface area (Å²) in [7, 11) is 0. The summed E-state index contributed by atoms with van der Waals surface area (Å²) in [6.45, 7) is 6.32. The molecule has 2 unspecified atom stereocenters. The van der Waals surface area contributed by atoms with Crippen LogP contribution in [0.25, 0.3) is 0 Å². The Balaban J connectivity index is 1.85. The van der Waals surface area contributed by atoms with Crippen LogP contribution in [-0.2, 0) is 10.3 Å². The van der Waals surface area contributed by atoms with Crippen LogP contribution in [0.5, 0.6) is 0 Å². The molecule has 1 aliphatic carbocycles. The van der Waals surface area contributed by atoms with E-state index < -0.39 is 6.10 Å². The highest BCUT2D eigenvalue weighted by Gasteiger charge is 2.24. The Labute approximate surface area is 130 Å². The quantitative estimate of drug-likeness (QED) is 0.836. The zero-order valence-corrected chi connectivity index (χ0v) is 13.8. The van der Waals surface area contributed by atoms with Gasteiger partial charge in [-0.15, -0.1) is 0 Å². The summed E-state index contributed by atoms with van der Waals surface area (Å²) in [5.74, 6) is 0.297. The number of aliphatic hydroxyl groups excluding tert-OH is 1. The fourth-order valence-electron chi connectivity index (χ4n) is 2.57. The Bertz CT molecular complexity index is 482. The molecule has 5 nitrogen and oxygen atoms in total. The van der Waals surface area contributed by atoms with Crippen LogP contribution >= 0.6 is 11.8 Å². The van der Waals surface area contributed by atoms with Gasteiger partial charge in [0.1, 0.15) is 0 Å². The second-order valence-electron chi connectivity index (χ2n) is 6.57. The van der Waals surface area contributed by atoms with Crippen LogP contribution in [0.4, 0.5) is 0 Å². The van der Waals surface area contributed by atoms with Crippen LogP contribution < -0.4 is 5.32 Å². The number of hydrogen-bond acceptors (Lipinski definition) is 4. The van der Waals surface area contributed by atoms with E-state index in [-0.39, 0.29) is 17.5 Å². The van der Waals surface area contributed by atoms with Gasteiger partial charge in [0, 0.05) is 17.9 Å². The number of aliphatic hydroxyl groups is 1. The average molecular weight is 311 g/mol. The normalized spacial score (nSPS) is 23.0. The number of carbonyl (C=O) groups is 1. The van der Waals surface area contributed by atoms with Gasteiger partial charge in [-0.2, -0.15) is 0 Å². The first kappa shape index (κ1) is 16.4. The van der Waals surface area contributed by atoms with Crippen LogP contribution in [0.3, 0.4) is 0 Å². The van der Waals surface area contributed by atoms with Gasteiger partial charge in [-0.05, 0) is 33.6 Å².